The number of ether oxygens (including phenoxy) is 4. The lowest BCUT2D eigenvalue weighted by Crippen LogP contribution is -2.35. The summed E-state index contributed by atoms with van der Waals surface area (Å²) in [5, 5.41) is 8.95. The summed E-state index contributed by atoms with van der Waals surface area (Å²) in [6.45, 7) is 3.57. The van der Waals surface area contributed by atoms with Gasteiger partial charge in [0, 0.05) is 12.2 Å². The summed E-state index contributed by atoms with van der Waals surface area (Å²) < 4.78 is 21.0. The van der Waals surface area contributed by atoms with E-state index in [1.54, 1.807) is 0 Å². The van der Waals surface area contributed by atoms with E-state index in [-0.39, 0.29) is 18.5 Å². The molecule has 164 valence electrons. The van der Waals surface area contributed by atoms with Crippen molar-refractivity contribution >= 4 is 17.6 Å². The van der Waals surface area contributed by atoms with Gasteiger partial charge in [-0.05, 0) is 49.2 Å². The summed E-state index contributed by atoms with van der Waals surface area (Å²) >= 11 is 0. The molecule has 0 unspecified atom stereocenters. The van der Waals surface area contributed by atoms with E-state index in [9.17, 15) is 9.59 Å². The molecule has 0 fully saturated rings. The van der Waals surface area contributed by atoms with Gasteiger partial charge < -0.3 is 23.8 Å². The Hall–Kier alpha value is -3.73. The Morgan fingerprint density at radius 1 is 0.935 bits per heavy atom. The molecule has 0 spiro atoms. The average molecular weight is 426 g/mol. The van der Waals surface area contributed by atoms with Crippen molar-refractivity contribution in [3.63, 3.8) is 0 Å². The summed E-state index contributed by atoms with van der Waals surface area (Å²) in [5.74, 6) is -0.207. The Bertz CT molecular complexity index is 951. The maximum atomic E-state index is 12.8. The van der Waals surface area contributed by atoms with Crippen LogP contribution in [0.25, 0.3) is 0 Å². The van der Waals surface area contributed by atoms with Gasteiger partial charge >= 0.3 is 5.97 Å². The lowest BCUT2D eigenvalue weighted by atomic mass is 10.1. The number of amides is 1. The first-order chi connectivity index (χ1) is 14.8. The highest BCUT2D eigenvalue weighted by molar-refractivity contribution is 5.97. The molecule has 1 amide bonds. The van der Waals surface area contributed by atoms with Crippen LogP contribution in [0.4, 0.5) is 5.69 Å². The van der Waals surface area contributed by atoms with Crippen LogP contribution in [0.3, 0.4) is 0 Å². The van der Waals surface area contributed by atoms with Crippen LogP contribution in [0.1, 0.15) is 27.9 Å². The van der Waals surface area contributed by atoms with E-state index in [0.717, 1.165) is 11.1 Å². The molecule has 8 heteroatoms. The monoisotopic (exact) mass is 426 g/mol. The molecular formula is C23H26N2O6. The molecule has 0 saturated carbocycles. The van der Waals surface area contributed by atoms with Crippen LogP contribution in [0.2, 0.25) is 0 Å². The third-order valence-corrected chi connectivity index (χ3v) is 4.49. The second-order valence-corrected chi connectivity index (χ2v) is 6.79. The summed E-state index contributed by atoms with van der Waals surface area (Å²) in [7, 11) is 4.33. The Labute approximate surface area is 181 Å². The highest BCUT2D eigenvalue weighted by atomic mass is 16.5. The number of carbonyl (C=O) groups excluding carboxylic acids is 2. The van der Waals surface area contributed by atoms with Crippen LogP contribution in [-0.2, 0) is 9.53 Å². The van der Waals surface area contributed by atoms with Crippen molar-refractivity contribution in [2.24, 2.45) is 0 Å². The topological polar surface area (TPSA) is 98.1 Å². The number of hydrogen-bond donors (Lipinski definition) is 0. The molecule has 31 heavy (non-hydrogen) atoms. The van der Waals surface area contributed by atoms with Gasteiger partial charge in [-0.2, -0.15) is 5.26 Å². The zero-order valence-electron chi connectivity index (χ0n) is 18.4. The van der Waals surface area contributed by atoms with Crippen molar-refractivity contribution in [3.05, 3.63) is 47.0 Å². The van der Waals surface area contributed by atoms with E-state index in [2.05, 4.69) is 0 Å². The van der Waals surface area contributed by atoms with Crippen molar-refractivity contribution in [1.82, 2.24) is 0 Å². The molecule has 2 rings (SSSR count). The first kappa shape index (κ1) is 23.5. The fourth-order valence-electron chi connectivity index (χ4n) is 3.15. The van der Waals surface area contributed by atoms with Gasteiger partial charge in [0.2, 0.25) is 5.75 Å². The molecule has 0 aliphatic rings. The van der Waals surface area contributed by atoms with Crippen molar-refractivity contribution in [2.75, 3.05) is 39.4 Å². The molecule has 2 aromatic carbocycles. The smallest absolute Gasteiger partial charge is 0.338 e. The predicted molar refractivity (Wildman–Crippen MR) is 115 cm³/mol. The lowest BCUT2D eigenvalue weighted by molar-refractivity contribution is -0.121. The molecule has 0 aliphatic heterocycles. The standard InChI is InChI=1S/C23H26N2O6/c1-15-9-16(2)11-18(10-15)25(8-6-7-24)21(26)14-31-23(27)17-12-19(28-3)22(30-5)20(13-17)29-4/h9-13H,6,8,14H2,1-5H3. The Kier molecular flexibility index (Phi) is 8.26. The summed E-state index contributed by atoms with van der Waals surface area (Å²) in [6, 6.07) is 10.6. The fraction of sp³-hybridized carbons (Fsp3) is 0.348. The highest BCUT2D eigenvalue weighted by Gasteiger charge is 2.21. The third-order valence-electron chi connectivity index (χ3n) is 4.49. The zero-order valence-corrected chi connectivity index (χ0v) is 18.4. The van der Waals surface area contributed by atoms with Gasteiger partial charge in [-0.3, -0.25) is 4.79 Å². The molecule has 0 aromatic heterocycles. The molecule has 0 heterocycles. The number of anilines is 1. The summed E-state index contributed by atoms with van der Waals surface area (Å²) in [6.07, 6.45) is 0.152. The van der Waals surface area contributed by atoms with Crippen LogP contribution in [0, 0.1) is 25.2 Å². The van der Waals surface area contributed by atoms with Gasteiger partial charge in [-0.25, -0.2) is 4.79 Å². The van der Waals surface area contributed by atoms with Crippen molar-refractivity contribution in [1.29, 1.82) is 5.26 Å². The van der Waals surface area contributed by atoms with Gasteiger partial charge in [0.15, 0.2) is 18.1 Å². The second kappa shape index (κ2) is 10.9. The predicted octanol–water partition coefficient (Wildman–Crippen LogP) is 3.43. The summed E-state index contributed by atoms with van der Waals surface area (Å²) in [5.41, 5.74) is 2.78. The average Bonchev–Trinajstić information content (AvgIpc) is 2.75. The molecule has 0 radical (unpaired) electrons. The quantitative estimate of drug-likeness (QED) is 0.567. The van der Waals surface area contributed by atoms with Gasteiger partial charge in [0.25, 0.3) is 5.91 Å². The molecule has 0 bridgehead atoms. The Balaban J connectivity index is 2.20. The van der Waals surface area contributed by atoms with E-state index in [1.807, 2.05) is 38.1 Å². The van der Waals surface area contributed by atoms with Crippen LogP contribution in [0.15, 0.2) is 30.3 Å². The first-order valence-electron chi connectivity index (χ1n) is 9.57. The SMILES string of the molecule is COc1cc(C(=O)OCC(=O)N(CCC#N)c2cc(C)cc(C)c2)cc(OC)c1OC. The van der Waals surface area contributed by atoms with Crippen molar-refractivity contribution in [2.45, 2.75) is 20.3 Å². The largest absolute Gasteiger partial charge is 0.493 e. The minimum atomic E-state index is -0.715. The molecule has 8 nitrogen and oxygen atoms in total. The normalized spacial score (nSPS) is 10.1. The van der Waals surface area contributed by atoms with Gasteiger partial charge in [-0.1, -0.05) is 6.07 Å². The second-order valence-electron chi connectivity index (χ2n) is 6.79. The molecule has 2 aromatic rings. The molecule has 0 saturated heterocycles. The summed E-state index contributed by atoms with van der Waals surface area (Å²) in [4.78, 5) is 26.8. The maximum Gasteiger partial charge on any atom is 0.338 e. The minimum absolute atomic E-state index is 0.150. The lowest BCUT2D eigenvalue weighted by Gasteiger charge is -2.22. The number of nitrogens with zero attached hydrogens (tertiary/aromatic N) is 2. The van der Waals surface area contributed by atoms with Gasteiger partial charge in [0.05, 0.1) is 39.4 Å². The number of esters is 1. The van der Waals surface area contributed by atoms with Crippen LogP contribution < -0.4 is 19.1 Å². The van der Waals surface area contributed by atoms with E-state index < -0.39 is 18.5 Å². The van der Waals surface area contributed by atoms with Crippen molar-refractivity contribution < 1.29 is 28.5 Å². The minimum Gasteiger partial charge on any atom is -0.493 e. The van der Waals surface area contributed by atoms with Crippen LogP contribution in [0.5, 0.6) is 17.2 Å². The number of methoxy groups -OCH3 is 3. The van der Waals surface area contributed by atoms with Gasteiger partial charge in [-0.15, -0.1) is 0 Å². The number of benzene rings is 2. The van der Waals surface area contributed by atoms with E-state index in [1.165, 1.54) is 38.4 Å². The van der Waals surface area contributed by atoms with E-state index >= 15 is 0 Å². The third kappa shape index (κ3) is 5.89. The first-order valence-corrected chi connectivity index (χ1v) is 9.57. The van der Waals surface area contributed by atoms with E-state index in [4.69, 9.17) is 24.2 Å². The van der Waals surface area contributed by atoms with Crippen LogP contribution in [-0.4, -0.2) is 46.4 Å². The molecular weight excluding hydrogens is 400 g/mol. The molecule has 0 N–H and O–H groups in total. The number of nitriles is 1. The Morgan fingerprint density at radius 3 is 2.00 bits per heavy atom. The van der Waals surface area contributed by atoms with Crippen molar-refractivity contribution in [3.8, 4) is 23.3 Å². The number of aryl methyl sites for hydroxylation is 2. The number of carbonyl (C=O) groups is 2. The zero-order chi connectivity index (χ0) is 23.0. The number of rotatable bonds is 9. The van der Waals surface area contributed by atoms with Crippen LogP contribution >= 0.6 is 0 Å². The highest BCUT2D eigenvalue weighted by Crippen LogP contribution is 2.38. The fourth-order valence-corrected chi connectivity index (χ4v) is 3.15. The number of hydrogen-bond acceptors (Lipinski definition) is 7. The molecule has 0 aliphatic carbocycles. The van der Waals surface area contributed by atoms with E-state index in [0.29, 0.717) is 22.9 Å². The Morgan fingerprint density at radius 2 is 1.52 bits per heavy atom. The molecule has 0 atom stereocenters. The maximum absolute atomic E-state index is 12.8. The van der Waals surface area contributed by atoms with Gasteiger partial charge in [0.1, 0.15) is 0 Å².